The summed E-state index contributed by atoms with van der Waals surface area (Å²) in [5.41, 5.74) is 6.07. The van der Waals surface area contributed by atoms with Crippen LogP contribution in [0.3, 0.4) is 0 Å². The molecule has 2 aromatic heterocycles. The molecule has 1 amide bonds. The Balaban J connectivity index is 2.31. The number of nitrogens with zero attached hydrogens (tertiary/aromatic N) is 4. The van der Waals surface area contributed by atoms with Gasteiger partial charge in [0.15, 0.2) is 11.0 Å². The molecule has 0 aliphatic carbocycles. The average Bonchev–Trinajstić information content (AvgIpc) is 2.81. The van der Waals surface area contributed by atoms with Crippen LogP contribution in [-0.4, -0.2) is 31.4 Å². The summed E-state index contributed by atoms with van der Waals surface area (Å²) in [7, 11) is 0. The number of pyridine rings is 1. The monoisotopic (exact) mass is 277 g/mol. The van der Waals surface area contributed by atoms with E-state index in [1.165, 1.54) is 11.8 Å². The van der Waals surface area contributed by atoms with Crippen molar-refractivity contribution in [1.29, 1.82) is 0 Å². The molecule has 0 aliphatic heterocycles. The number of carbonyl (C=O) groups excluding carboxylic acids is 1. The van der Waals surface area contributed by atoms with E-state index in [2.05, 4.69) is 22.1 Å². The van der Waals surface area contributed by atoms with E-state index in [4.69, 9.17) is 5.73 Å². The Hall–Kier alpha value is -1.89. The number of thioether (sulfide) groups is 1. The average molecular weight is 277 g/mol. The van der Waals surface area contributed by atoms with E-state index in [1.807, 2.05) is 16.7 Å². The lowest BCUT2D eigenvalue weighted by molar-refractivity contribution is -0.115. The van der Waals surface area contributed by atoms with Gasteiger partial charge in [0.25, 0.3) is 0 Å². The molecule has 0 spiro atoms. The predicted molar refractivity (Wildman–Crippen MR) is 73.5 cm³/mol. The molecule has 0 bridgehead atoms. The second-order valence-corrected chi connectivity index (χ2v) is 4.90. The third-order valence-electron chi connectivity index (χ3n) is 2.43. The Morgan fingerprint density at radius 2 is 2.32 bits per heavy atom. The number of hydrogen-bond donors (Lipinski definition) is 1. The fourth-order valence-corrected chi connectivity index (χ4v) is 2.37. The fourth-order valence-electron chi connectivity index (χ4n) is 1.66. The molecule has 100 valence electrons. The Kier molecular flexibility index (Phi) is 4.51. The van der Waals surface area contributed by atoms with Gasteiger partial charge in [-0.15, -0.1) is 10.2 Å². The zero-order valence-corrected chi connectivity index (χ0v) is 11.4. The minimum Gasteiger partial charge on any atom is -0.369 e. The van der Waals surface area contributed by atoms with Crippen LogP contribution in [0.2, 0.25) is 0 Å². The molecule has 2 aromatic rings. The van der Waals surface area contributed by atoms with Gasteiger partial charge in [-0.05, 0) is 18.6 Å². The number of nitrogens with two attached hydrogens (primary N) is 1. The molecule has 2 heterocycles. The number of rotatable bonds is 6. The summed E-state index contributed by atoms with van der Waals surface area (Å²) in [5.74, 6) is 0.607. The molecule has 6 nitrogen and oxygen atoms in total. The molecule has 0 aliphatic rings. The number of primary amides is 1. The second-order valence-electron chi connectivity index (χ2n) is 3.95. The maximum Gasteiger partial charge on any atom is 0.227 e. The standard InChI is InChI=1S/C12H15N5OS/c1-2-6-17-11(9-4-3-5-14-7-9)15-16-12(17)19-8-10(13)18/h3-5,7H,2,6,8H2,1H3,(H2,13,18). The van der Waals surface area contributed by atoms with Crippen molar-refractivity contribution in [3.8, 4) is 11.4 Å². The molecule has 0 atom stereocenters. The van der Waals surface area contributed by atoms with Crippen molar-refractivity contribution in [3.05, 3.63) is 24.5 Å². The summed E-state index contributed by atoms with van der Waals surface area (Å²) < 4.78 is 1.99. The summed E-state index contributed by atoms with van der Waals surface area (Å²) in [5, 5.41) is 9.01. The lowest BCUT2D eigenvalue weighted by Gasteiger charge is -2.07. The van der Waals surface area contributed by atoms with Gasteiger partial charge in [0.1, 0.15) is 0 Å². The zero-order chi connectivity index (χ0) is 13.7. The summed E-state index contributed by atoms with van der Waals surface area (Å²) in [6.07, 6.45) is 4.42. The largest absolute Gasteiger partial charge is 0.369 e. The third kappa shape index (κ3) is 3.31. The van der Waals surface area contributed by atoms with E-state index < -0.39 is 0 Å². The van der Waals surface area contributed by atoms with E-state index in [-0.39, 0.29) is 11.7 Å². The van der Waals surface area contributed by atoms with Crippen LogP contribution < -0.4 is 5.73 Å². The second kappa shape index (κ2) is 6.33. The van der Waals surface area contributed by atoms with Crippen LogP contribution in [0.5, 0.6) is 0 Å². The highest BCUT2D eigenvalue weighted by atomic mass is 32.2. The van der Waals surface area contributed by atoms with Gasteiger partial charge in [0, 0.05) is 24.5 Å². The van der Waals surface area contributed by atoms with Gasteiger partial charge in [-0.1, -0.05) is 18.7 Å². The van der Waals surface area contributed by atoms with Crippen LogP contribution in [0.15, 0.2) is 29.7 Å². The quantitative estimate of drug-likeness (QED) is 0.805. The van der Waals surface area contributed by atoms with Gasteiger partial charge in [-0.3, -0.25) is 9.78 Å². The molecule has 0 radical (unpaired) electrons. The van der Waals surface area contributed by atoms with Gasteiger partial charge in [0.2, 0.25) is 5.91 Å². The highest BCUT2D eigenvalue weighted by Crippen LogP contribution is 2.23. The van der Waals surface area contributed by atoms with E-state index in [9.17, 15) is 4.79 Å². The van der Waals surface area contributed by atoms with Gasteiger partial charge in [-0.25, -0.2) is 0 Å². The molecule has 2 N–H and O–H groups in total. The Bertz CT molecular complexity index is 555. The zero-order valence-electron chi connectivity index (χ0n) is 10.6. The topological polar surface area (TPSA) is 86.7 Å². The van der Waals surface area contributed by atoms with Crippen LogP contribution in [0, 0.1) is 0 Å². The van der Waals surface area contributed by atoms with Crippen LogP contribution in [0.1, 0.15) is 13.3 Å². The van der Waals surface area contributed by atoms with Crippen LogP contribution in [0.4, 0.5) is 0 Å². The smallest absolute Gasteiger partial charge is 0.227 e. The first kappa shape index (κ1) is 13.5. The van der Waals surface area contributed by atoms with Crippen molar-refractivity contribution < 1.29 is 4.79 Å². The van der Waals surface area contributed by atoms with Gasteiger partial charge in [0.05, 0.1) is 5.75 Å². The normalized spacial score (nSPS) is 10.6. The molecule has 7 heteroatoms. The van der Waals surface area contributed by atoms with Crippen molar-refractivity contribution >= 4 is 17.7 Å². The third-order valence-corrected chi connectivity index (χ3v) is 3.42. The molecule has 19 heavy (non-hydrogen) atoms. The summed E-state index contributed by atoms with van der Waals surface area (Å²) >= 11 is 1.30. The molecule has 0 unspecified atom stereocenters. The molecular weight excluding hydrogens is 262 g/mol. The first-order valence-electron chi connectivity index (χ1n) is 5.97. The first-order valence-corrected chi connectivity index (χ1v) is 6.95. The van der Waals surface area contributed by atoms with Crippen molar-refractivity contribution in [1.82, 2.24) is 19.7 Å². The summed E-state index contributed by atoms with van der Waals surface area (Å²) in [6.45, 7) is 2.87. The fraction of sp³-hybridized carbons (Fsp3) is 0.333. The van der Waals surface area contributed by atoms with E-state index in [0.717, 1.165) is 24.4 Å². The maximum absolute atomic E-state index is 10.9. The summed E-state index contributed by atoms with van der Waals surface area (Å²) in [6, 6.07) is 3.79. The van der Waals surface area contributed by atoms with Crippen molar-refractivity contribution in [2.45, 2.75) is 25.0 Å². The maximum atomic E-state index is 10.9. The highest BCUT2D eigenvalue weighted by Gasteiger charge is 2.14. The van der Waals surface area contributed by atoms with Crippen molar-refractivity contribution in [2.24, 2.45) is 5.73 Å². The van der Waals surface area contributed by atoms with Crippen LogP contribution in [-0.2, 0) is 11.3 Å². The Morgan fingerprint density at radius 1 is 1.47 bits per heavy atom. The molecule has 0 aromatic carbocycles. The van der Waals surface area contributed by atoms with Crippen molar-refractivity contribution in [2.75, 3.05) is 5.75 Å². The van der Waals surface area contributed by atoms with E-state index in [0.29, 0.717) is 5.16 Å². The molecule has 0 saturated carbocycles. The Morgan fingerprint density at radius 3 is 2.95 bits per heavy atom. The number of carbonyl (C=O) groups is 1. The van der Waals surface area contributed by atoms with Gasteiger partial charge >= 0.3 is 0 Å². The van der Waals surface area contributed by atoms with Crippen LogP contribution >= 0.6 is 11.8 Å². The minimum atomic E-state index is -0.362. The number of hydrogen-bond acceptors (Lipinski definition) is 5. The van der Waals surface area contributed by atoms with Crippen LogP contribution in [0.25, 0.3) is 11.4 Å². The van der Waals surface area contributed by atoms with Crippen molar-refractivity contribution in [3.63, 3.8) is 0 Å². The molecule has 0 fully saturated rings. The Labute approximate surface area is 115 Å². The van der Waals surface area contributed by atoms with Gasteiger partial charge in [-0.2, -0.15) is 0 Å². The molecule has 0 saturated heterocycles. The van der Waals surface area contributed by atoms with E-state index >= 15 is 0 Å². The SMILES string of the molecule is CCCn1c(SCC(N)=O)nnc1-c1cccnc1. The van der Waals surface area contributed by atoms with Gasteiger partial charge < -0.3 is 10.3 Å². The minimum absolute atomic E-state index is 0.203. The highest BCUT2D eigenvalue weighted by molar-refractivity contribution is 7.99. The number of aromatic nitrogens is 4. The predicted octanol–water partition coefficient (Wildman–Crippen LogP) is 1.33. The molecular formula is C12H15N5OS. The first-order chi connectivity index (χ1) is 9.22. The lowest BCUT2D eigenvalue weighted by atomic mass is 10.2. The van der Waals surface area contributed by atoms with E-state index in [1.54, 1.807) is 12.4 Å². The lowest BCUT2D eigenvalue weighted by Crippen LogP contribution is -2.14. The summed E-state index contributed by atoms with van der Waals surface area (Å²) in [4.78, 5) is 14.9. The number of amides is 1. The molecule has 2 rings (SSSR count).